The number of aromatic nitrogens is 4. The number of fused-ring (bicyclic) bond motifs is 2. The van der Waals surface area contributed by atoms with Gasteiger partial charge in [-0.25, -0.2) is 23.5 Å². The van der Waals surface area contributed by atoms with Gasteiger partial charge in [-0.05, 0) is 191 Å². The lowest BCUT2D eigenvalue weighted by molar-refractivity contribution is -0.660. The molecule has 0 amide bonds. The van der Waals surface area contributed by atoms with Gasteiger partial charge in [0.25, 0.3) is 0 Å². The number of thiazole rings is 2. The van der Waals surface area contributed by atoms with Gasteiger partial charge in [0.2, 0.25) is 0 Å². The van der Waals surface area contributed by atoms with Crippen LogP contribution in [0.2, 0.25) is 0 Å². The van der Waals surface area contributed by atoms with Crippen molar-refractivity contribution in [3.8, 4) is 0 Å². The number of nitrogens with zero attached hydrogens (tertiary/aromatic N) is 12. The van der Waals surface area contributed by atoms with Crippen molar-refractivity contribution in [1.82, 2.24) is 19.6 Å². The summed E-state index contributed by atoms with van der Waals surface area (Å²) in [6.45, 7) is 36.0. The highest BCUT2D eigenvalue weighted by atomic mass is 32.1. The molecule has 16 heteroatoms. The molecule has 0 unspecified atom stereocenters. The fraction of sp³-hybridized carbons (Fsp3) is 0.350. The topological polar surface area (TPSA) is 67.7 Å². The van der Waals surface area contributed by atoms with E-state index in [9.17, 15) is 0 Å². The van der Waals surface area contributed by atoms with E-state index in [4.69, 9.17) is 8.83 Å². The van der Waals surface area contributed by atoms with Crippen LogP contribution in [0.1, 0.15) is 128 Å². The SMILES string of the molecule is Cc1ccccc1C(C)(C)N1C=CN(c2oc3ccccc3[n+]2C)[C@H]1C.Cc1ccccc1C(C)(C)N1C=CN(c2occ[n+]2C)[C@H]1C.Cc1ccccc1C(C)(C)N1C=CN(c2sc3ccccc3[n+]2C)[C@H]1C.Cc1ccccc1C(C)(C)N1C=CN(c2scc[n+]2C)[C@H]1C. The predicted molar refractivity (Wildman–Crippen MR) is 394 cm³/mol. The van der Waals surface area contributed by atoms with Crippen LogP contribution in [0.3, 0.4) is 0 Å². The second-order valence-electron chi connectivity index (χ2n) is 27.9. The van der Waals surface area contributed by atoms with Crippen LogP contribution in [0.5, 0.6) is 0 Å². The molecule has 0 fully saturated rings. The number of aryl methyl sites for hydroxylation is 8. The smallest absolute Gasteiger partial charge is 0.396 e. The Labute approximate surface area is 578 Å². The van der Waals surface area contributed by atoms with E-state index in [2.05, 4.69) is 373 Å². The summed E-state index contributed by atoms with van der Waals surface area (Å²) in [5, 5.41) is 4.65. The maximum Gasteiger partial charge on any atom is 0.463 e. The molecule has 0 bridgehead atoms. The summed E-state index contributed by atoms with van der Waals surface area (Å²) >= 11 is 3.62. The molecule has 6 aromatic carbocycles. The zero-order valence-corrected chi connectivity index (χ0v) is 61.7. The third-order valence-electron chi connectivity index (χ3n) is 20.4. The molecule has 500 valence electrons. The van der Waals surface area contributed by atoms with E-state index in [0.717, 1.165) is 23.1 Å². The normalized spacial score (nSPS) is 17.9. The summed E-state index contributed by atoms with van der Waals surface area (Å²) in [6, 6.07) is 53.0. The predicted octanol–water partition coefficient (Wildman–Crippen LogP) is 16.4. The molecule has 4 aromatic heterocycles. The van der Waals surface area contributed by atoms with Crippen molar-refractivity contribution in [3.63, 3.8) is 0 Å². The van der Waals surface area contributed by atoms with Crippen LogP contribution >= 0.6 is 22.7 Å². The molecule has 8 heterocycles. The number of rotatable bonds is 12. The van der Waals surface area contributed by atoms with Crippen molar-refractivity contribution in [2.45, 2.75) is 158 Å². The van der Waals surface area contributed by atoms with Crippen LogP contribution in [-0.4, -0.2) is 44.3 Å². The highest BCUT2D eigenvalue weighted by Crippen LogP contribution is 2.42. The lowest BCUT2D eigenvalue weighted by Crippen LogP contribution is -2.48. The van der Waals surface area contributed by atoms with Gasteiger partial charge in [-0.15, -0.1) is 0 Å². The fourth-order valence-electron chi connectivity index (χ4n) is 15.0. The molecule has 0 N–H and O–H groups in total. The first-order valence-electron chi connectivity index (χ1n) is 33.5. The monoisotopic (exact) mass is 1320 g/mol. The highest BCUT2D eigenvalue weighted by molar-refractivity contribution is 7.21. The highest BCUT2D eigenvalue weighted by Gasteiger charge is 2.46. The van der Waals surface area contributed by atoms with E-state index in [-0.39, 0.29) is 40.7 Å². The molecule has 0 saturated heterocycles. The Bertz CT molecular complexity index is 4220. The maximum atomic E-state index is 6.15. The standard InChI is InChI=1S/C22H26N3O.C22H26N3S.C18H24N3O.C18H24N3S/c2*1-16-10-6-7-11-18(16)22(3,4)25-15-14-24(17(25)2)21-23(5)19-12-8-9-13-20(19)26-21;2*1-14-8-6-7-9-16(14)18(3,4)21-11-10-20(15(21)2)17-19(5)12-13-22-17/h2*6-15,17H,1-5H3;2*6-13,15H,1-5H3/q4*+1/t2*17-;2*15-/m1111/s1. The van der Waals surface area contributed by atoms with Crippen molar-refractivity contribution >= 4 is 66.3 Å². The summed E-state index contributed by atoms with van der Waals surface area (Å²) in [7, 11) is 8.30. The van der Waals surface area contributed by atoms with Crippen LogP contribution in [0.4, 0.5) is 22.3 Å². The first kappa shape index (κ1) is 68.3. The van der Waals surface area contributed by atoms with E-state index < -0.39 is 0 Å². The molecule has 0 aliphatic carbocycles. The molecule has 0 radical (unpaired) electrons. The summed E-state index contributed by atoms with van der Waals surface area (Å²) in [5.41, 5.74) is 13.7. The van der Waals surface area contributed by atoms with Gasteiger partial charge in [0.15, 0.2) is 35.8 Å². The van der Waals surface area contributed by atoms with E-state index in [0.29, 0.717) is 6.17 Å². The van der Waals surface area contributed by atoms with Gasteiger partial charge in [-0.3, -0.25) is 0 Å². The number of hydrogen-bond acceptors (Lipinski definition) is 12. The van der Waals surface area contributed by atoms with Gasteiger partial charge in [0, 0.05) is 30.2 Å². The Hall–Kier alpha value is -9.12. The molecule has 10 aromatic rings. The third kappa shape index (κ3) is 12.7. The van der Waals surface area contributed by atoms with E-state index >= 15 is 0 Å². The van der Waals surface area contributed by atoms with E-state index in [1.54, 1.807) is 17.6 Å². The van der Waals surface area contributed by atoms with Gasteiger partial charge in [0.05, 0.1) is 55.0 Å². The third-order valence-corrected chi connectivity index (χ3v) is 22.6. The largest absolute Gasteiger partial charge is 0.463 e. The maximum absolute atomic E-state index is 6.15. The zero-order valence-electron chi connectivity index (χ0n) is 60.1. The van der Waals surface area contributed by atoms with Crippen LogP contribution < -0.4 is 37.9 Å². The second-order valence-corrected chi connectivity index (χ2v) is 29.8. The van der Waals surface area contributed by atoms with Gasteiger partial charge in [-0.1, -0.05) is 133 Å². The van der Waals surface area contributed by atoms with Gasteiger partial charge >= 0.3 is 22.3 Å². The quantitative estimate of drug-likeness (QED) is 0.111. The van der Waals surface area contributed by atoms with Gasteiger partial charge in [-0.2, -0.15) is 14.4 Å². The Morgan fingerprint density at radius 2 is 0.740 bits per heavy atom. The molecule has 4 aliphatic rings. The summed E-state index contributed by atoms with van der Waals surface area (Å²) in [6.07, 6.45) is 24.0. The minimum atomic E-state index is -0.124. The minimum absolute atomic E-state index is 0.0498. The molecule has 96 heavy (non-hydrogen) atoms. The summed E-state index contributed by atoms with van der Waals surface area (Å²) in [4.78, 5) is 18.7. The van der Waals surface area contributed by atoms with Crippen molar-refractivity contribution in [2.24, 2.45) is 28.2 Å². The average molecular weight is 1330 g/mol. The Balaban J connectivity index is 0.000000130. The molecule has 14 rings (SSSR count). The van der Waals surface area contributed by atoms with E-state index in [1.165, 1.54) is 65.0 Å². The van der Waals surface area contributed by atoms with Crippen molar-refractivity contribution < 1.29 is 27.1 Å². The lowest BCUT2D eigenvalue weighted by atomic mass is 9.88. The number of benzene rings is 6. The summed E-state index contributed by atoms with van der Waals surface area (Å²) in [5.74, 6) is 0. The zero-order chi connectivity index (χ0) is 68.8. The van der Waals surface area contributed by atoms with Crippen LogP contribution in [0.25, 0.3) is 21.3 Å². The fourth-order valence-corrected chi connectivity index (χ4v) is 17.1. The van der Waals surface area contributed by atoms with Crippen LogP contribution in [-0.2, 0) is 50.3 Å². The first-order valence-corrected chi connectivity index (χ1v) is 35.2. The van der Waals surface area contributed by atoms with Crippen LogP contribution in [0.15, 0.2) is 228 Å². The second kappa shape index (κ2) is 27.2. The molecule has 4 aliphatic heterocycles. The van der Waals surface area contributed by atoms with Crippen molar-refractivity contribution in [3.05, 3.63) is 264 Å². The number of anilines is 4. The number of hydrogen-bond donors (Lipinski definition) is 0. The minimum Gasteiger partial charge on any atom is -0.396 e. The van der Waals surface area contributed by atoms with E-state index in [1.807, 2.05) is 47.3 Å². The summed E-state index contributed by atoms with van der Waals surface area (Å²) < 4.78 is 21.7. The number of oxazole rings is 2. The van der Waals surface area contributed by atoms with Gasteiger partial charge < -0.3 is 28.4 Å². The first-order chi connectivity index (χ1) is 45.7. The molecular weight excluding hydrogens is 1230 g/mol. The van der Waals surface area contributed by atoms with Gasteiger partial charge in [0.1, 0.15) is 49.0 Å². The van der Waals surface area contributed by atoms with Crippen molar-refractivity contribution in [1.29, 1.82) is 0 Å². The molecule has 0 saturated carbocycles. The average Bonchev–Trinajstić information content (AvgIpc) is 1.61. The van der Waals surface area contributed by atoms with Crippen LogP contribution in [0, 0.1) is 27.7 Å². The number of para-hydroxylation sites is 3. The Morgan fingerprint density at radius 1 is 0.375 bits per heavy atom. The van der Waals surface area contributed by atoms with Crippen molar-refractivity contribution in [2.75, 3.05) is 19.6 Å². The molecule has 4 atom stereocenters. The molecule has 0 spiro atoms. The molecule has 14 nitrogen and oxygen atoms in total. The Kier molecular flexibility index (Phi) is 19.3. The lowest BCUT2D eigenvalue weighted by Gasteiger charge is -2.39. The Morgan fingerprint density at radius 3 is 1.12 bits per heavy atom. The molecular formula is C80H100N12O2S2+4.